The van der Waals surface area contributed by atoms with Gasteiger partial charge < -0.3 is 4.98 Å². The van der Waals surface area contributed by atoms with Gasteiger partial charge in [-0.3, -0.25) is 4.68 Å². The van der Waals surface area contributed by atoms with Crippen LogP contribution in [0, 0.1) is 0 Å². The number of fused-ring (bicyclic) bond motifs is 1. The van der Waals surface area contributed by atoms with E-state index in [4.69, 9.17) is 11.6 Å². The Bertz CT molecular complexity index is 653. The van der Waals surface area contributed by atoms with Gasteiger partial charge in [0.1, 0.15) is 5.65 Å². The van der Waals surface area contributed by atoms with Gasteiger partial charge in [-0.15, -0.1) is 0 Å². The summed E-state index contributed by atoms with van der Waals surface area (Å²) in [5, 5.41) is 5.77. The number of pyridine rings is 1. The van der Waals surface area contributed by atoms with E-state index in [0.717, 1.165) is 22.3 Å². The maximum Gasteiger partial charge on any atom is 0.139 e. The number of hydrogen-bond donors (Lipinski definition) is 1. The van der Waals surface area contributed by atoms with E-state index in [1.165, 1.54) is 0 Å². The molecule has 1 N–H and O–H groups in total. The lowest BCUT2D eigenvalue weighted by Crippen LogP contribution is -1.84. The zero-order chi connectivity index (χ0) is 11.1. The SMILES string of the molecule is Cn1cc(-c2cc3c(Cl)ccnc3[nH]2)cn1. The molecule has 0 aliphatic carbocycles. The molecule has 3 heterocycles. The van der Waals surface area contributed by atoms with Crippen molar-refractivity contribution in [2.75, 3.05) is 0 Å². The zero-order valence-corrected chi connectivity index (χ0v) is 9.36. The molecule has 16 heavy (non-hydrogen) atoms. The summed E-state index contributed by atoms with van der Waals surface area (Å²) in [4.78, 5) is 7.44. The fourth-order valence-corrected chi connectivity index (χ4v) is 1.91. The van der Waals surface area contributed by atoms with Crippen molar-refractivity contribution in [3.63, 3.8) is 0 Å². The molecule has 0 radical (unpaired) electrons. The van der Waals surface area contributed by atoms with Gasteiger partial charge in [0.2, 0.25) is 0 Å². The number of aromatic amines is 1. The van der Waals surface area contributed by atoms with Crippen LogP contribution in [0.25, 0.3) is 22.3 Å². The molecule has 3 aromatic rings. The third kappa shape index (κ3) is 1.39. The second-order valence-corrected chi connectivity index (χ2v) is 4.05. The van der Waals surface area contributed by atoms with Crippen LogP contribution in [-0.2, 0) is 7.05 Å². The van der Waals surface area contributed by atoms with Crippen molar-refractivity contribution in [2.45, 2.75) is 0 Å². The van der Waals surface area contributed by atoms with Gasteiger partial charge in [0.15, 0.2) is 0 Å². The summed E-state index contributed by atoms with van der Waals surface area (Å²) >= 11 is 6.08. The highest BCUT2D eigenvalue weighted by Crippen LogP contribution is 2.27. The third-order valence-electron chi connectivity index (χ3n) is 2.49. The van der Waals surface area contributed by atoms with Crippen LogP contribution in [0.2, 0.25) is 5.02 Å². The van der Waals surface area contributed by atoms with E-state index < -0.39 is 0 Å². The highest BCUT2D eigenvalue weighted by Gasteiger charge is 2.07. The quantitative estimate of drug-likeness (QED) is 0.701. The Hall–Kier alpha value is -1.81. The minimum atomic E-state index is 0.705. The average Bonchev–Trinajstić information content (AvgIpc) is 2.84. The van der Waals surface area contributed by atoms with Crippen LogP contribution in [0.4, 0.5) is 0 Å². The zero-order valence-electron chi connectivity index (χ0n) is 8.61. The van der Waals surface area contributed by atoms with E-state index in [1.54, 1.807) is 23.1 Å². The number of nitrogens with zero attached hydrogens (tertiary/aromatic N) is 3. The molecule has 0 unspecified atom stereocenters. The molecule has 0 aliphatic rings. The molecule has 0 saturated carbocycles. The largest absolute Gasteiger partial charge is 0.339 e. The molecule has 0 aliphatic heterocycles. The summed E-state index contributed by atoms with van der Waals surface area (Å²) in [5.74, 6) is 0. The molecule has 3 rings (SSSR count). The first-order chi connectivity index (χ1) is 7.74. The van der Waals surface area contributed by atoms with E-state index in [9.17, 15) is 0 Å². The lowest BCUT2D eigenvalue weighted by molar-refractivity contribution is 0.768. The molecular weight excluding hydrogens is 224 g/mol. The smallest absolute Gasteiger partial charge is 0.139 e. The number of rotatable bonds is 1. The minimum Gasteiger partial charge on any atom is -0.339 e. The van der Waals surface area contributed by atoms with Gasteiger partial charge in [0.25, 0.3) is 0 Å². The van der Waals surface area contributed by atoms with Crippen molar-refractivity contribution >= 4 is 22.6 Å². The average molecular weight is 233 g/mol. The molecule has 4 nitrogen and oxygen atoms in total. The Morgan fingerprint density at radius 3 is 3.00 bits per heavy atom. The monoisotopic (exact) mass is 232 g/mol. The van der Waals surface area contributed by atoms with Gasteiger partial charge in [-0.05, 0) is 12.1 Å². The van der Waals surface area contributed by atoms with E-state index in [2.05, 4.69) is 15.1 Å². The number of aryl methyl sites for hydroxylation is 1. The highest BCUT2D eigenvalue weighted by molar-refractivity contribution is 6.35. The number of hydrogen-bond acceptors (Lipinski definition) is 2. The topological polar surface area (TPSA) is 46.5 Å². The fraction of sp³-hybridized carbons (Fsp3) is 0.0909. The molecule has 0 atom stereocenters. The van der Waals surface area contributed by atoms with Crippen LogP contribution >= 0.6 is 11.6 Å². The van der Waals surface area contributed by atoms with Crippen LogP contribution in [-0.4, -0.2) is 19.7 Å². The maximum absolute atomic E-state index is 6.08. The van der Waals surface area contributed by atoms with Crippen molar-refractivity contribution in [3.05, 3.63) is 35.7 Å². The van der Waals surface area contributed by atoms with Crippen LogP contribution in [0.1, 0.15) is 0 Å². The second-order valence-electron chi connectivity index (χ2n) is 3.64. The van der Waals surface area contributed by atoms with Gasteiger partial charge in [-0.25, -0.2) is 4.98 Å². The molecule has 0 amide bonds. The Balaban J connectivity index is 2.22. The fourth-order valence-electron chi connectivity index (χ4n) is 1.71. The molecule has 0 aromatic carbocycles. The summed E-state index contributed by atoms with van der Waals surface area (Å²) < 4.78 is 1.76. The molecule has 0 saturated heterocycles. The van der Waals surface area contributed by atoms with Crippen molar-refractivity contribution < 1.29 is 0 Å². The molecular formula is C11H9ClN4. The predicted molar refractivity (Wildman–Crippen MR) is 63.3 cm³/mol. The first-order valence-electron chi connectivity index (χ1n) is 4.86. The van der Waals surface area contributed by atoms with E-state index in [1.807, 2.05) is 19.3 Å². The molecule has 5 heteroatoms. The third-order valence-corrected chi connectivity index (χ3v) is 2.82. The summed E-state index contributed by atoms with van der Waals surface area (Å²) in [5.41, 5.74) is 2.80. The van der Waals surface area contributed by atoms with Crippen molar-refractivity contribution in [1.29, 1.82) is 0 Å². The lowest BCUT2D eigenvalue weighted by Gasteiger charge is -1.89. The summed E-state index contributed by atoms with van der Waals surface area (Å²) in [6.45, 7) is 0. The number of H-pyrrole nitrogens is 1. The van der Waals surface area contributed by atoms with E-state index in [0.29, 0.717) is 5.02 Å². The maximum atomic E-state index is 6.08. The number of halogens is 1. The Morgan fingerprint density at radius 2 is 2.31 bits per heavy atom. The lowest BCUT2D eigenvalue weighted by atomic mass is 10.2. The van der Waals surface area contributed by atoms with Gasteiger partial charge in [0, 0.05) is 30.4 Å². The van der Waals surface area contributed by atoms with Crippen LogP contribution < -0.4 is 0 Å². The predicted octanol–water partition coefficient (Wildman–Crippen LogP) is 2.62. The van der Waals surface area contributed by atoms with Crippen molar-refractivity contribution in [3.8, 4) is 11.3 Å². The van der Waals surface area contributed by atoms with Crippen LogP contribution in [0.3, 0.4) is 0 Å². The van der Waals surface area contributed by atoms with Gasteiger partial charge in [-0.1, -0.05) is 11.6 Å². The van der Waals surface area contributed by atoms with Crippen LogP contribution in [0.5, 0.6) is 0 Å². The molecule has 0 spiro atoms. The highest BCUT2D eigenvalue weighted by atomic mass is 35.5. The van der Waals surface area contributed by atoms with Crippen LogP contribution in [0.15, 0.2) is 30.7 Å². The molecule has 3 aromatic heterocycles. The summed E-state index contributed by atoms with van der Waals surface area (Å²) in [6.07, 6.45) is 5.44. The molecule has 0 bridgehead atoms. The summed E-state index contributed by atoms with van der Waals surface area (Å²) in [7, 11) is 1.89. The van der Waals surface area contributed by atoms with E-state index in [-0.39, 0.29) is 0 Å². The molecule has 0 fully saturated rings. The standard InChI is InChI=1S/C11H9ClN4/c1-16-6-7(5-14-16)10-4-8-9(12)2-3-13-11(8)15-10/h2-6H,1H3,(H,13,15). The van der Waals surface area contributed by atoms with Gasteiger partial charge in [0.05, 0.1) is 16.9 Å². The number of nitrogens with one attached hydrogen (secondary N) is 1. The van der Waals surface area contributed by atoms with E-state index >= 15 is 0 Å². The van der Waals surface area contributed by atoms with Crippen molar-refractivity contribution in [1.82, 2.24) is 19.7 Å². The second kappa shape index (κ2) is 3.35. The number of aromatic nitrogens is 4. The normalized spacial score (nSPS) is 11.1. The first-order valence-corrected chi connectivity index (χ1v) is 5.24. The van der Waals surface area contributed by atoms with Gasteiger partial charge >= 0.3 is 0 Å². The Morgan fingerprint density at radius 1 is 1.44 bits per heavy atom. The first kappa shape index (κ1) is 9.42. The Labute approximate surface area is 96.9 Å². The summed E-state index contributed by atoms with van der Waals surface area (Å²) in [6, 6.07) is 3.77. The minimum absolute atomic E-state index is 0.705. The Kier molecular flexibility index (Phi) is 1.97. The molecule has 80 valence electrons. The van der Waals surface area contributed by atoms with Crippen molar-refractivity contribution in [2.24, 2.45) is 7.05 Å². The van der Waals surface area contributed by atoms with Gasteiger partial charge in [-0.2, -0.15) is 5.10 Å².